The molecule has 0 unspecified atom stereocenters. The van der Waals surface area contributed by atoms with Crippen LogP contribution in [0.4, 0.5) is 0 Å². The third-order valence-electron chi connectivity index (χ3n) is 4.60. The van der Waals surface area contributed by atoms with Crippen molar-refractivity contribution >= 4 is 5.97 Å². The normalized spacial score (nSPS) is 11.8. The maximum atomic E-state index is 10.2. The number of carbonyl (C=O) groups is 1. The smallest absolute Gasteiger partial charge is 0.335 e. The van der Waals surface area contributed by atoms with Crippen molar-refractivity contribution in [3.8, 4) is 0 Å². The predicted molar refractivity (Wildman–Crippen MR) is 94.2 cm³/mol. The third kappa shape index (κ3) is 4.84. The Morgan fingerprint density at radius 1 is 0.773 bits per heavy atom. The van der Waals surface area contributed by atoms with Gasteiger partial charge in [-0.2, -0.15) is 0 Å². The Bertz CT molecular complexity index is 398. The zero-order valence-electron chi connectivity index (χ0n) is 15.5. The van der Waals surface area contributed by atoms with Crippen molar-refractivity contribution in [2.75, 3.05) is 0 Å². The number of quaternary nitrogens is 1. The zero-order valence-corrected chi connectivity index (χ0v) is 15.5. The SMILES string of the molecule is CC(C)[N+](C(C)C)(C(C)C)C(C)C.O=C(O)c1ccccc1. The molecule has 1 aromatic rings. The molecule has 0 saturated carbocycles. The molecular formula is C19H34NO2+. The summed E-state index contributed by atoms with van der Waals surface area (Å²) in [5, 5.41) is 8.38. The highest BCUT2D eigenvalue weighted by Crippen LogP contribution is 2.28. The summed E-state index contributed by atoms with van der Waals surface area (Å²) in [6.45, 7) is 18.8. The first-order valence-electron chi connectivity index (χ1n) is 8.24. The largest absolute Gasteiger partial charge is 0.478 e. The van der Waals surface area contributed by atoms with Crippen LogP contribution in [-0.2, 0) is 0 Å². The van der Waals surface area contributed by atoms with Crippen LogP contribution in [-0.4, -0.2) is 39.7 Å². The van der Waals surface area contributed by atoms with Crippen LogP contribution in [0.25, 0.3) is 0 Å². The first-order chi connectivity index (χ1) is 10.1. The van der Waals surface area contributed by atoms with Gasteiger partial charge in [0.05, 0.1) is 29.7 Å². The average molecular weight is 308 g/mol. The number of carboxylic acids is 1. The van der Waals surface area contributed by atoms with Crippen molar-refractivity contribution in [2.45, 2.75) is 79.6 Å². The molecule has 1 rings (SSSR count). The van der Waals surface area contributed by atoms with Gasteiger partial charge in [0.1, 0.15) is 0 Å². The lowest BCUT2D eigenvalue weighted by molar-refractivity contribution is -1.00. The van der Waals surface area contributed by atoms with Crippen LogP contribution in [0.2, 0.25) is 0 Å². The second kappa shape index (κ2) is 8.94. The highest BCUT2D eigenvalue weighted by molar-refractivity contribution is 5.87. The molecule has 0 atom stereocenters. The summed E-state index contributed by atoms with van der Waals surface area (Å²) >= 11 is 0. The fraction of sp³-hybridized carbons (Fsp3) is 0.632. The Labute approximate surface area is 136 Å². The second-order valence-electron chi connectivity index (χ2n) is 6.94. The van der Waals surface area contributed by atoms with Gasteiger partial charge in [-0.3, -0.25) is 0 Å². The molecule has 0 fully saturated rings. The van der Waals surface area contributed by atoms with Crippen molar-refractivity contribution < 1.29 is 14.4 Å². The summed E-state index contributed by atoms with van der Waals surface area (Å²) < 4.78 is 1.22. The lowest BCUT2D eigenvalue weighted by Crippen LogP contribution is -2.65. The van der Waals surface area contributed by atoms with Gasteiger partial charge >= 0.3 is 5.97 Å². The molecule has 3 heteroatoms. The van der Waals surface area contributed by atoms with Crippen molar-refractivity contribution in [3.63, 3.8) is 0 Å². The molecule has 0 spiro atoms. The van der Waals surface area contributed by atoms with E-state index in [2.05, 4.69) is 55.4 Å². The molecule has 0 saturated heterocycles. The van der Waals surface area contributed by atoms with E-state index in [1.54, 1.807) is 30.3 Å². The maximum Gasteiger partial charge on any atom is 0.335 e. The van der Waals surface area contributed by atoms with E-state index in [4.69, 9.17) is 5.11 Å². The first-order valence-corrected chi connectivity index (χ1v) is 8.24. The molecule has 0 bridgehead atoms. The van der Waals surface area contributed by atoms with Crippen molar-refractivity contribution in [1.82, 2.24) is 0 Å². The van der Waals surface area contributed by atoms with Gasteiger partial charge in [-0.15, -0.1) is 0 Å². The molecule has 1 aromatic carbocycles. The van der Waals surface area contributed by atoms with Crippen molar-refractivity contribution in [2.24, 2.45) is 0 Å². The number of carboxylic acid groups (broad SMARTS) is 1. The number of hydrogen-bond donors (Lipinski definition) is 1. The Morgan fingerprint density at radius 2 is 1.09 bits per heavy atom. The van der Waals surface area contributed by atoms with E-state index in [9.17, 15) is 4.79 Å². The van der Waals surface area contributed by atoms with Crippen LogP contribution in [0, 0.1) is 0 Å². The summed E-state index contributed by atoms with van der Waals surface area (Å²) in [4.78, 5) is 10.2. The van der Waals surface area contributed by atoms with Gasteiger partial charge in [0.25, 0.3) is 0 Å². The molecular weight excluding hydrogens is 274 g/mol. The van der Waals surface area contributed by atoms with Crippen molar-refractivity contribution in [3.05, 3.63) is 35.9 Å². The number of nitrogens with zero attached hydrogens (tertiary/aromatic N) is 1. The number of aromatic carboxylic acids is 1. The summed E-state index contributed by atoms with van der Waals surface area (Å²) in [6.07, 6.45) is 0. The quantitative estimate of drug-likeness (QED) is 0.792. The highest BCUT2D eigenvalue weighted by Gasteiger charge is 2.40. The average Bonchev–Trinajstić information content (AvgIpc) is 2.39. The van der Waals surface area contributed by atoms with Crippen LogP contribution in [0.15, 0.2) is 30.3 Å². The lowest BCUT2D eigenvalue weighted by Gasteiger charge is -2.52. The summed E-state index contributed by atoms with van der Waals surface area (Å²) in [5.74, 6) is -0.879. The number of rotatable bonds is 5. The molecule has 22 heavy (non-hydrogen) atoms. The van der Waals surface area contributed by atoms with Gasteiger partial charge in [-0.1, -0.05) is 18.2 Å². The summed E-state index contributed by atoms with van der Waals surface area (Å²) in [5.41, 5.74) is 0.331. The molecule has 0 aromatic heterocycles. The number of benzene rings is 1. The molecule has 0 radical (unpaired) electrons. The lowest BCUT2D eigenvalue weighted by atomic mass is 10.0. The second-order valence-corrected chi connectivity index (χ2v) is 6.94. The number of hydrogen-bond acceptors (Lipinski definition) is 1. The Morgan fingerprint density at radius 3 is 1.23 bits per heavy atom. The topological polar surface area (TPSA) is 37.3 Å². The van der Waals surface area contributed by atoms with Crippen LogP contribution >= 0.6 is 0 Å². The van der Waals surface area contributed by atoms with E-state index in [0.29, 0.717) is 29.7 Å². The van der Waals surface area contributed by atoms with E-state index < -0.39 is 5.97 Å². The standard InChI is InChI=1S/C12H28N.C7H6O2/c1-9(2)13(10(3)4,11(5)6)12(7)8;8-7(9)6-4-2-1-3-5-6/h9-12H,1-8H3;1-5H,(H,8,9)/q+1;. The van der Waals surface area contributed by atoms with Gasteiger partial charge in [0.2, 0.25) is 0 Å². The molecule has 0 aliphatic carbocycles. The van der Waals surface area contributed by atoms with Gasteiger partial charge in [-0.25, -0.2) is 4.79 Å². The first kappa shape index (κ1) is 20.6. The fourth-order valence-electron chi connectivity index (χ4n) is 4.16. The molecule has 1 N–H and O–H groups in total. The third-order valence-corrected chi connectivity index (χ3v) is 4.60. The Kier molecular flexibility index (Phi) is 8.39. The van der Waals surface area contributed by atoms with Crippen LogP contribution in [0.1, 0.15) is 65.7 Å². The summed E-state index contributed by atoms with van der Waals surface area (Å²) in [7, 11) is 0. The Balaban J connectivity index is 0.000000425. The highest BCUT2D eigenvalue weighted by atomic mass is 16.4. The van der Waals surface area contributed by atoms with Gasteiger partial charge < -0.3 is 9.59 Å². The van der Waals surface area contributed by atoms with E-state index >= 15 is 0 Å². The molecule has 126 valence electrons. The molecule has 0 aliphatic rings. The van der Waals surface area contributed by atoms with Crippen LogP contribution in [0.5, 0.6) is 0 Å². The van der Waals surface area contributed by atoms with Gasteiger partial charge in [0, 0.05) is 0 Å². The molecule has 0 aliphatic heterocycles. The Hall–Kier alpha value is -1.35. The van der Waals surface area contributed by atoms with E-state index in [1.165, 1.54) is 4.48 Å². The maximum absolute atomic E-state index is 10.2. The van der Waals surface area contributed by atoms with E-state index in [1.807, 2.05) is 0 Å². The zero-order chi connectivity index (χ0) is 17.5. The van der Waals surface area contributed by atoms with Gasteiger partial charge in [0.15, 0.2) is 0 Å². The molecule has 3 nitrogen and oxygen atoms in total. The van der Waals surface area contributed by atoms with E-state index in [0.717, 1.165) is 0 Å². The van der Waals surface area contributed by atoms with Crippen LogP contribution < -0.4 is 0 Å². The fourth-order valence-corrected chi connectivity index (χ4v) is 4.16. The predicted octanol–water partition coefficient (Wildman–Crippen LogP) is 4.82. The molecule has 0 heterocycles. The van der Waals surface area contributed by atoms with Gasteiger partial charge in [-0.05, 0) is 67.5 Å². The molecule has 0 amide bonds. The van der Waals surface area contributed by atoms with Crippen LogP contribution in [0.3, 0.4) is 0 Å². The summed E-state index contributed by atoms with van der Waals surface area (Å²) in [6, 6.07) is 11.1. The van der Waals surface area contributed by atoms with Crippen molar-refractivity contribution in [1.29, 1.82) is 0 Å². The minimum absolute atomic E-state index is 0.331. The minimum atomic E-state index is -0.879. The minimum Gasteiger partial charge on any atom is -0.478 e. The van der Waals surface area contributed by atoms with E-state index in [-0.39, 0.29) is 0 Å². The monoisotopic (exact) mass is 308 g/mol.